The minimum Gasteiger partial charge on any atom is -0.330 e. The van der Waals surface area contributed by atoms with Crippen molar-refractivity contribution >= 4 is 29.9 Å². The number of nitrogens with zero attached hydrogens (tertiary/aromatic N) is 1. The number of para-hydroxylation sites is 1. The monoisotopic (exact) mass is 375 g/mol. The van der Waals surface area contributed by atoms with Crippen molar-refractivity contribution in [2.24, 2.45) is 5.73 Å². The molecule has 2 rings (SSSR count). The summed E-state index contributed by atoms with van der Waals surface area (Å²) in [5.41, 5.74) is 9.91. The van der Waals surface area contributed by atoms with Gasteiger partial charge in [-0.05, 0) is 49.6 Å². The van der Waals surface area contributed by atoms with Crippen molar-refractivity contribution in [3.8, 4) is 0 Å². The van der Waals surface area contributed by atoms with E-state index >= 15 is 0 Å². The van der Waals surface area contributed by atoms with Gasteiger partial charge in [-0.25, -0.2) is 0 Å². The summed E-state index contributed by atoms with van der Waals surface area (Å²) in [7, 11) is 0. The molecule has 2 amide bonds. The van der Waals surface area contributed by atoms with E-state index in [0.717, 1.165) is 22.4 Å². The van der Waals surface area contributed by atoms with Gasteiger partial charge in [0.15, 0.2) is 0 Å². The number of likely N-dealkylation sites (N-methyl/N-ethyl adjacent to an activating group) is 1. The molecular formula is C20H26ClN3O2. The lowest BCUT2D eigenvalue weighted by Crippen LogP contribution is -2.38. The van der Waals surface area contributed by atoms with Crippen LogP contribution < -0.4 is 11.1 Å². The van der Waals surface area contributed by atoms with E-state index in [-0.39, 0.29) is 30.8 Å². The molecule has 0 spiro atoms. The average molecular weight is 376 g/mol. The molecule has 0 aliphatic heterocycles. The molecule has 0 radical (unpaired) electrons. The van der Waals surface area contributed by atoms with E-state index in [1.165, 1.54) is 4.90 Å². The highest BCUT2D eigenvalue weighted by atomic mass is 35.5. The van der Waals surface area contributed by atoms with Gasteiger partial charge in [0.1, 0.15) is 6.54 Å². The first-order valence-corrected chi connectivity index (χ1v) is 8.40. The fourth-order valence-electron chi connectivity index (χ4n) is 2.66. The van der Waals surface area contributed by atoms with Gasteiger partial charge in [0.25, 0.3) is 5.91 Å². The Morgan fingerprint density at radius 1 is 1.04 bits per heavy atom. The normalized spacial score (nSPS) is 10.0. The summed E-state index contributed by atoms with van der Waals surface area (Å²) >= 11 is 0. The number of nitrogens with two attached hydrogens (primary N) is 1. The molecule has 2 aromatic carbocycles. The van der Waals surface area contributed by atoms with Crippen LogP contribution in [0.5, 0.6) is 0 Å². The van der Waals surface area contributed by atoms with Gasteiger partial charge in [-0.3, -0.25) is 9.59 Å². The predicted molar refractivity (Wildman–Crippen MR) is 108 cm³/mol. The van der Waals surface area contributed by atoms with Gasteiger partial charge in [0.05, 0.1) is 0 Å². The van der Waals surface area contributed by atoms with Gasteiger partial charge in [-0.1, -0.05) is 30.3 Å². The number of hydrogen-bond acceptors (Lipinski definition) is 3. The summed E-state index contributed by atoms with van der Waals surface area (Å²) in [4.78, 5) is 26.5. The first kappa shape index (κ1) is 21.7. The zero-order valence-corrected chi connectivity index (χ0v) is 16.2. The van der Waals surface area contributed by atoms with Crippen LogP contribution in [0.4, 0.5) is 5.69 Å². The van der Waals surface area contributed by atoms with Gasteiger partial charge >= 0.3 is 0 Å². The number of nitrogens with one attached hydrogen (secondary N) is 1. The number of halogens is 1. The molecule has 5 nitrogen and oxygen atoms in total. The molecule has 0 saturated heterocycles. The average Bonchev–Trinajstić information content (AvgIpc) is 2.62. The van der Waals surface area contributed by atoms with Crippen LogP contribution in [0.25, 0.3) is 0 Å². The second kappa shape index (κ2) is 9.94. The highest BCUT2D eigenvalue weighted by Crippen LogP contribution is 2.19. The Morgan fingerprint density at radius 3 is 2.12 bits per heavy atom. The third-order valence-corrected chi connectivity index (χ3v) is 4.19. The molecule has 0 aromatic heterocycles. The van der Waals surface area contributed by atoms with Crippen LogP contribution in [0.2, 0.25) is 0 Å². The summed E-state index contributed by atoms with van der Waals surface area (Å²) in [5.74, 6) is -0.367. The van der Waals surface area contributed by atoms with Gasteiger partial charge < -0.3 is 16.0 Å². The molecule has 0 aliphatic rings. The maximum Gasteiger partial charge on any atom is 0.254 e. The molecule has 0 unspecified atom stereocenters. The summed E-state index contributed by atoms with van der Waals surface area (Å²) < 4.78 is 0. The highest BCUT2D eigenvalue weighted by Gasteiger charge is 2.18. The van der Waals surface area contributed by atoms with Crippen LogP contribution in [0.15, 0.2) is 42.5 Å². The molecule has 0 fully saturated rings. The summed E-state index contributed by atoms with van der Waals surface area (Å²) in [6, 6.07) is 13.0. The van der Waals surface area contributed by atoms with Crippen molar-refractivity contribution in [1.29, 1.82) is 0 Å². The van der Waals surface area contributed by atoms with E-state index in [1.807, 2.05) is 51.1 Å². The SMILES string of the molecule is CCN(CC(=O)Nc1c(C)cccc1C)C(=O)c1ccc(CN)cc1.Cl. The fraction of sp³-hybridized carbons (Fsp3) is 0.300. The standard InChI is InChI=1S/C20H25N3O2.ClH/c1-4-23(20(25)17-10-8-16(12-21)9-11-17)13-18(24)22-19-14(2)6-5-7-15(19)3;/h5-11H,4,12-13,21H2,1-3H3,(H,22,24);1H. The van der Waals surface area contributed by atoms with Gasteiger partial charge in [0, 0.05) is 24.3 Å². The quantitative estimate of drug-likeness (QED) is 0.813. The first-order chi connectivity index (χ1) is 12.0. The Labute approximate surface area is 161 Å². The van der Waals surface area contributed by atoms with Crippen molar-refractivity contribution in [1.82, 2.24) is 4.90 Å². The summed E-state index contributed by atoms with van der Waals surface area (Å²) in [6.45, 7) is 6.66. The fourth-order valence-corrected chi connectivity index (χ4v) is 2.66. The third kappa shape index (κ3) is 5.31. The van der Waals surface area contributed by atoms with Crippen molar-refractivity contribution in [3.05, 3.63) is 64.7 Å². The maximum absolute atomic E-state index is 12.6. The number of carbonyl (C=O) groups is 2. The van der Waals surface area contributed by atoms with Gasteiger partial charge in [-0.2, -0.15) is 0 Å². The second-order valence-corrected chi connectivity index (χ2v) is 6.04. The van der Waals surface area contributed by atoms with E-state index < -0.39 is 0 Å². The van der Waals surface area contributed by atoms with E-state index in [2.05, 4.69) is 5.32 Å². The lowest BCUT2D eigenvalue weighted by Gasteiger charge is -2.21. The summed E-state index contributed by atoms with van der Waals surface area (Å²) in [5, 5.41) is 2.92. The van der Waals surface area contributed by atoms with E-state index in [1.54, 1.807) is 12.1 Å². The van der Waals surface area contributed by atoms with Gasteiger partial charge in [-0.15, -0.1) is 12.4 Å². The van der Waals surface area contributed by atoms with E-state index in [9.17, 15) is 9.59 Å². The zero-order valence-electron chi connectivity index (χ0n) is 15.4. The molecule has 6 heteroatoms. The summed E-state index contributed by atoms with van der Waals surface area (Å²) in [6.07, 6.45) is 0. The van der Waals surface area contributed by atoms with E-state index in [0.29, 0.717) is 18.7 Å². The van der Waals surface area contributed by atoms with Crippen LogP contribution in [-0.4, -0.2) is 29.8 Å². The maximum atomic E-state index is 12.6. The molecule has 0 heterocycles. The Balaban J connectivity index is 0.00000338. The Bertz CT molecular complexity index is 740. The molecule has 140 valence electrons. The van der Waals surface area contributed by atoms with Crippen LogP contribution in [0.1, 0.15) is 34.0 Å². The largest absolute Gasteiger partial charge is 0.330 e. The highest BCUT2D eigenvalue weighted by molar-refractivity contribution is 5.99. The molecule has 26 heavy (non-hydrogen) atoms. The second-order valence-electron chi connectivity index (χ2n) is 6.04. The number of aryl methyl sites for hydroxylation is 2. The number of amides is 2. The first-order valence-electron chi connectivity index (χ1n) is 8.40. The smallest absolute Gasteiger partial charge is 0.254 e. The Kier molecular flexibility index (Phi) is 8.29. The number of benzene rings is 2. The van der Waals surface area contributed by atoms with E-state index in [4.69, 9.17) is 5.73 Å². The Morgan fingerprint density at radius 2 is 1.62 bits per heavy atom. The van der Waals surface area contributed by atoms with Crippen LogP contribution in [0, 0.1) is 13.8 Å². The van der Waals surface area contributed by atoms with Gasteiger partial charge in [0.2, 0.25) is 5.91 Å². The topological polar surface area (TPSA) is 75.4 Å². The molecule has 3 N–H and O–H groups in total. The number of anilines is 1. The minimum absolute atomic E-state index is 0. The molecule has 0 bridgehead atoms. The lowest BCUT2D eigenvalue weighted by molar-refractivity contribution is -0.116. The van der Waals surface area contributed by atoms with Crippen LogP contribution in [0.3, 0.4) is 0 Å². The van der Waals surface area contributed by atoms with Crippen molar-refractivity contribution in [2.75, 3.05) is 18.4 Å². The van der Waals surface area contributed by atoms with Crippen LogP contribution in [-0.2, 0) is 11.3 Å². The van der Waals surface area contributed by atoms with Crippen molar-refractivity contribution < 1.29 is 9.59 Å². The lowest BCUT2D eigenvalue weighted by atomic mass is 10.1. The third-order valence-electron chi connectivity index (χ3n) is 4.19. The minimum atomic E-state index is -0.203. The number of carbonyl (C=O) groups excluding carboxylic acids is 2. The molecular weight excluding hydrogens is 350 g/mol. The molecule has 0 aliphatic carbocycles. The van der Waals surface area contributed by atoms with Crippen molar-refractivity contribution in [3.63, 3.8) is 0 Å². The molecule has 2 aromatic rings. The van der Waals surface area contributed by atoms with Crippen molar-refractivity contribution in [2.45, 2.75) is 27.3 Å². The van der Waals surface area contributed by atoms with Crippen LogP contribution >= 0.6 is 12.4 Å². The number of hydrogen-bond donors (Lipinski definition) is 2. The number of rotatable bonds is 6. The molecule has 0 saturated carbocycles. The Hall–Kier alpha value is -2.37. The predicted octanol–water partition coefficient (Wildman–Crippen LogP) is 3.28. The molecule has 0 atom stereocenters. The zero-order chi connectivity index (χ0) is 18.4.